The Morgan fingerprint density at radius 1 is 1.71 bits per heavy atom. The van der Waals surface area contributed by atoms with Crippen molar-refractivity contribution in [2.45, 2.75) is 32.2 Å². The maximum absolute atomic E-state index is 11.3. The topological polar surface area (TPSA) is 64.4 Å². The summed E-state index contributed by atoms with van der Waals surface area (Å²) in [6.07, 6.45) is 2.67. The number of nitrogens with one attached hydrogen (secondary N) is 1. The molecule has 1 aliphatic heterocycles. The second-order valence-corrected chi connectivity index (χ2v) is 4.07. The van der Waals surface area contributed by atoms with Crippen molar-refractivity contribution in [3.8, 4) is 0 Å². The summed E-state index contributed by atoms with van der Waals surface area (Å²) >= 11 is 0. The van der Waals surface area contributed by atoms with Crippen molar-refractivity contribution in [2.75, 3.05) is 19.8 Å². The van der Waals surface area contributed by atoms with E-state index < -0.39 is 0 Å². The summed E-state index contributed by atoms with van der Waals surface area (Å²) in [5, 5.41) is 2.88. The Hall–Kier alpha value is -0.610. The molecular weight excluding hydrogens is 180 g/mol. The lowest BCUT2D eigenvalue weighted by atomic mass is 10.0. The number of nitrogens with two attached hydrogens (primary N) is 1. The van der Waals surface area contributed by atoms with E-state index in [0.717, 1.165) is 32.6 Å². The van der Waals surface area contributed by atoms with Gasteiger partial charge in [-0.1, -0.05) is 0 Å². The molecule has 3 N–H and O–H groups in total. The van der Waals surface area contributed by atoms with Crippen LogP contribution in [0.2, 0.25) is 0 Å². The Bertz CT molecular complexity index is 177. The molecule has 1 rings (SSSR count). The quantitative estimate of drug-likeness (QED) is 0.684. The number of hydrogen-bond donors (Lipinski definition) is 2. The standard InChI is InChI=1S/C10H20N2O2/c1-8(11)5-10(13)12-6-9-3-2-4-14-7-9/h8-9H,2-7,11H2,1H3,(H,12,13). The number of ether oxygens (including phenoxy) is 1. The van der Waals surface area contributed by atoms with E-state index in [4.69, 9.17) is 10.5 Å². The van der Waals surface area contributed by atoms with Gasteiger partial charge < -0.3 is 15.8 Å². The van der Waals surface area contributed by atoms with Crippen LogP contribution in [0.3, 0.4) is 0 Å². The first-order valence-corrected chi connectivity index (χ1v) is 5.28. The van der Waals surface area contributed by atoms with Gasteiger partial charge in [0.2, 0.25) is 5.91 Å². The van der Waals surface area contributed by atoms with Crippen LogP contribution in [0.5, 0.6) is 0 Å². The summed E-state index contributed by atoms with van der Waals surface area (Å²) in [4.78, 5) is 11.3. The van der Waals surface area contributed by atoms with E-state index in [0.29, 0.717) is 12.3 Å². The van der Waals surface area contributed by atoms with Crippen molar-refractivity contribution in [1.29, 1.82) is 0 Å². The maximum Gasteiger partial charge on any atom is 0.221 e. The van der Waals surface area contributed by atoms with Gasteiger partial charge >= 0.3 is 0 Å². The average Bonchev–Trinajstić information content (AvgIpc) is 2.15. The summed E-state index contributed by atoms with van der Waals surface area (Å²) in [7, 11) is 0. The minimum absolute atomic E-state index is 0.0468. The molecule has 1 fully saturated rings. The fourth-order valence-electron chi connectivity index (χ4n) is 1.59. The highest BCUT2D eigenvalue weighted by atomic mass is 16.5. The number of carbonyl (C=O) groups excluding carboxylic acids is 1. The van der Waals surface area contributed by atoms with Crippen molar-refractivity contribution in [2.24, 2.45) is 11.7 Å². The molecule has 0 aliphatic carbocycles. The molecule has 2 unspecified atom stereocenters. The van der Waals surface area contributed by atoms with Crippen molar-refractivity contribution < 1.29 is 9.53 Å². The van der Waals surface area contributed by atoms with Crippen LogP contribution in [0.4, 0.5) is 0 Å². The van der Waals surface area contributed by atoms with Crippen molar-refractivity contribution in [3.63, 3.8) is 0 Å². The van der Waals surface area contributed by atoms with Crippen LogP contribution in [-0.4, -0.2) is 31.7 Å². The number of rotatable bonds is 4. The SMILES string of the molecule is CC(N)CC(=O)NCC1CCCOC1. The van der Waals surface area contributed by atoms with Crippen LogP contribution >= 0.6 is 0 Å². The van der Waals surface area contributed by atoms with E-state index in [1.165, 1.54) is 0 Å². The first kappa shape index (κ1) is 11.5. The third-order valence-electron chi connectivity index (χ3n) is 2.35. The lowest BCUT2D eigenvalue weighted by molar-refractivity contribution is -0.121. The Balaban J connectivity index is 2.09. The smallest absolute Gasteiger partial charge is 0.221 e. The first-order chi connectivity index (χ1) is 6.68. The molecule has 0 aromatic rings. The van der Waals surface area contributed by atoms with Crippen LogP contribution in [0, 0.1) is 5.92 Å². The van der Waals surface area contributed by atoms with Crippen LogP contribution in [0.25, 0.3) is 0 Å². The summed E-state index contributed by atoms with van der Waals surface area (Å²) in [6.45, 7) is 4.21. The fourth-order valence-corrected chi connectivity index (χ4v) is 1.59. The Labute approximate surface area is 85.2 Å². The molecular formula is C10H20N2O2. The highest BCUT2D eigenvalue weighted by Gasteiger charge is 2.14. The Kier molecular flexibility index (Phi) is 4.90. The molecule has 0 aromatic heterocycles. The number of amides is 1. The number of hydrogen-bond acceptors (Lipinski definition) is 3. The zero-order chi connectivity index (χ0) is 10.4. The molecule has 1 amide bonds. The second kappa shape index (κ2) is 5.98. The maximum atomic E-state index is 11.3. The van der Waals surface area contributed by atoms with Crippen LogP contribution in [0.15, 0.2) is 0 Å². The van der Waals surface area contributed by atoms with Gasteiger partial charge in [-0.3, -0.25) is 4.79 Å². The average molecular weight is 200 g/mol. The fraction of sp³-hybridized carbons (Fsp3) is 0.900. The largest absolute Gasteiger partial charge is 0.381 e. The lowest BCUT2D eigenvalue weighted by Crippen LogP contribution is -2.35. The Morgan fingerprint density at radius 3 is 3.07 bits per heavy atom. The zero-order valence-electron chi connectivity index (χ0n) is 8.79. The molecule has 1 saturated heterocycles. The highest BCUT2D eigenvalue weighted by molar-refractivity contribution is 5.76. The van der Waals surface area contributed by atoms with Gasteiger partial charge in [-0.25, -0.2) is 0 Å². The molecule has 2 atom stereocenters. The summed E-state index contributed by atoms with van der Waals surface area (Å²) in [6, 6.07) is -0.0578. The summed E-state index contributed by atoms with van der Waals surface area (Å²) < 4.78 is 5.32. The summed E-state index contributed by atoms with van der Waals surface area (Å²) in [5.74, 6) is 0.534. The van der Waals surface area contributed by atoms with E-state index in [-0.39, 0.29) is 11.9 Å². The van der Waals surface area contributed by atoms with Crippen LogP contribution < -0.4 is 11.1 Å². The highest BCUT2D eigenvalue weighted by Crippen LogP contribution is 2.11. The molecule has 0 spiro atoms. The molecule has 4 nitrogen and oxygen atoms in total. The Morgan fingerprint density at radius 2 is 2.50 bits per heavy atom. The predicted molar refractivity (Wildman–Crippen MR) is 54.8 cm³/mol. The van der Waals surface area contributed by atoms with E-state index >= 15 is 0 Å². The van der Waals surface area contributed by atoms with Gasteiger partial charge in [-0.15, -0.1) is 0 Å². The van der Waals surface area contributed by atoms with Gasteiger partial charge in [0.1, 0.15) is 0 Å². The molecule has 0 bridgehead atoms. The molecule has 82 valence electrons. The van der Waals surface area contributed by atoms with Crippen molar-refractivity contribution >= 4 is 5.91 Å². The van der Waals surface area contributed by atoms with Crippen LogP contribution in [0.1, 0.15) is 26.2 Å². The molecule has 0 saturated carbocycles. The van der Waals surface area contributed by atoms with Crippen LogP contribution in [-0.2, 0) is 9.53 Å². The van der Waals surface area contributed by atoms with Gasteiger partial charge in [-0.05, 0) is 25.7 Å². The molecule has 4 heteroatoms. The molecule has 1 heterocycles. The van der Waals surface area contributed by atoms with E-state index in [2.05, 4.69) is 5.32 Å². The molecule has 0 aromatic carbocycles. The molecule has 14 heavy (non-hydrogen) atoms. The van der Waals surface area contributed by atoms with Gasteiger partial charge in [0.25, 0.3) is 0 Å². The van der Waals surface area contributed by atoms with Gasteiger partial charge in [-0.2, -0.15) is 0 Å². The zero-order valence-corrected chi connectivity index (χ0v) is 8.79. The van der Waals surface area contributed by atoms with Gasteiger partial charge in [0.15, 0.2) is 0 Å². The lowest BCUT2D eigenvalue weighted by Gasteiger charge is -2.22. The minimum atomic E-state index is -0.0578. The van der Waals surface area contributed by atoms with E-state index in [9.17, 15) is 4.79 Å². The third kappa shape index (κ3) is 4.58. The monoisotopic (exact) mass is 200 g/mol. The molecule has 0 radical (unpaired) electrons. The van der Waals surface area contributed by atoms with E-state index in [1.807, 2.05) is 6.92 Å². The van der Waals surface area contributed by atoms with Gasteiger partial charge in [0.05, 0.1) is 6.61 Å². The van der Waals surface area contributed by atoms with Gasteiger partial charge in [0, 0.05) is 25.6 Å². The van der Waals surface area contributed by atoms with Crippen molar-refractivity contribution in [1.82, 2.24) is 5.32 Å². The molecule has 1 aliphatic rings. The minimum Gasteiger partial charge on any atom is -0.381 e. The second-order valence-electron chi connectivity index (χ2n) is 4.07. The summed E-state index contributed by atoms with van der Waals surface area (Å²) in [5.41, 5.74) is 5.52. The van der Waals surface area contributed by atoms with Crippen molar-refractivity contribution in [3.05, 3.63) is 0 Å². The third-order valence-corrected chi connectivity index (χ3v) is 2.35. The number of carbonyl (C=O) groups is 1. The van der Waals surface area contributed by atoms with E-state index in [1.54, 1.807) is 0 Å². The normalized spacial score (nSPS) is 24.3. The first-order valence-electron chi connectivity index (χ1n) is 5.28. The predicted octanol–water partition coefficient (Wildman–Crippen LogP) is 0.267.